The lowest BCUT2D eigenvalue weighted by Crippen LogP contribution is -2.38. The molecule has 2 N–H and O–H groups in total. The molecule has 18 heavy (non-hydrogen) atoms. The number of primary amides is 1. The molecule has 1 aromatic rings. The fourth-order valence-corrected chi connectivity index (χ4v) is 1.83. The van der Waals surface area contributed by atoms with Crippen molar-refractivity contribution in [2.75, 3.05) is 39.5 Å². The zero-order valence-corrected chi connectivity index (χ0v) is 10.3. The quantitative estimate of drug-likeness (QED) is 0.826. The molecular weight excluding hydrogens is 232 g/mol. The Hall–Kier alpha value is -1.59. The summed E-state index contributed by atoms with van der Waals surface area (Å²) < 4.78 is 10.9. The van der Waals surface area contributed by atoms with Crippen LogP contribution in [0.15, 0.2) is 24.3 Å². The molecule has 0 bridgehead atoms. The molecule has 0 atom stereocenters. The number of rotatable bonds is 5. The summed E-state index contributed by atoms with van der Waals surface area (Å²) in [5, 5.41) is 0. The number of amides is 1. The number of ether oxygens (including phenoxy) is 2. The maximum atomic E-state index is 10.9. The Bertz CT molecular complexity index is 386. The SMILES string of the molecule is NC(=O)c1ccc(OCCN2CCOCC2)cc1. The summed E-state index contributed by atoms with van der Waals surface area (Å²) in [5.74, 6) is 0.336. The van der Waals surface area contributed by atoms with E-state index >= 15 is 0 Å². The van der Waals surface area contributed by atoms with Gasteiger partial charge in [-0.25, -0.2) is 0 Å². The molecule has 1 aliphatic rings. The number of benzene rings is 1. The number of nitrogens with zero attached hydrogens (tertiary/aromatic N) is 1. The first-order valence-corrected chi connectivity index (χ1v) is 6.08. The third-order valence-corrected chi connectivity index (χ3v) is 2.92. The number of morpholine rings is 1. The molecule has 0 radical (unpaired) electrons. The monoisotopic (exact) mass is 250 g/mol. The Kier molecular flexibility index (Phi) is 4.55. The van der Waals surface area contributed by atoms with E-state index in [2.05, 4.69) is 4.90 Å². The topological polar surface area (TPSA) is 64.8 Å². The molecule has 1 saturated heterocycles. The molecule has 1 amide bonds. The van der Waals surface area contributed by atoms with E-state index in [-0.39, 0.29) is 0 Å². The van der Waals surface area contributed by atoms with Gasteiger partial charge in [-0.05, 0) is 24.3 Å². The van der Waals surface area contributed by atoms with Gasteiger partial charge < -0.3 is 15.2 Å². The van der Waals surface area contributed by atoms with E-state index in [1.165, 1.54) is 0 Å². The van der Waals surface area contributed by atoms with Crippen LogP contribution in [0.25, 0.3) is 0 Å². The first-order valence-electron chi connectivity index (χ1n) is 6.08. The summed E-state index contributed by atoms with van der Waals surface area (Å²) in [6.07, 6.45) is 0. The standard InChI is InChI=1S/C13H18N2O3/c14-13(16)11-1-3-12(4-2-11)18-10-7-15-5-8-17-9-6-15/h1-4H,5-10H2,(H2,14,16). The van der Waals surface area contributed by atoms with E-state index in [0.717, 1.165) is 38.6 Å². The molecule has 1 aliphatic heterocycles. The predicted octanol–water partition coefficient (Wildman–Crippen LogP) is 0.496. The zero-order chi connectivity index (χ0) is 12.8. The van der Waals surface area contributed by atoms with Crippen molar-refractivity contribution in [3.05, 3.63) is 29.8 Å². The van der Waals surface area contributed by atoms with Gasteiger partial charge in [-0.15, -0.1) is 0 Å². The van der Waals surface area contributed by atoms with Crippen molar-refractivity contribution in [1.29, 1.82) is 0 Å². The lowest BCUT2D eigenvalue weighted by Gasteiger charge is -2.26. The fraction of sp³-hybridized carbons (Fsp3) is 0.462. The first-order chi connectivity index (χ1) is 8.75. The van der Waals surface area contributed by atoms with Gasteiger partial charge in [0.2, 0.25) is 5.91 Å². The van der Waals surface area contributed by atoms with Crippen molar-refractivity contribution >= 4 is 5.91 Å². The highest BCUT2D eigenvalue weighted by Gasteiger charge is 2.09. The molecule has 2 rings (SSSR count). The second-order valence-electron chi connectivity index (χ2n) is 4.19. The van der Waals surface area contributed by atoms with E-state index in [4.69, 9.17) is 15.2 Å². The summed E-state index contributed by atoms with van der Waals surface area (Å²) in [6, 6.07) is 6.87. The van der Waals surface area contributed by atoms with Crippen LogP contribution >= 0.6 is 0 Å². The van der Waals surface area contributed by atoms with Crippen molar-refractivity contribution in [2.24, 2.45) is 5.73 Å². The molecule has 1 fully saturated rings. The van der Waals surface area contributed by atoms with Crippen molar-refractivity contribution in [3.63, 3.8) is 0 Å². The second-order valence-corrected chi connectivity index (χ2v) is 4.19. The van der Waals surface area contributed by atoms with Crippen LogP contribution in [0, 0.1) is 0 Å². The van der Waals surface area contributed by atoms with Gasteiger partial charge in [0.25, 0.3) is 0 Å². The van der Waals surface area contributed by atoms with Crippen LogP contribution in [0.5, 0.6) is 5.75 Å². The third-order valence-electron chi connectivity index (χ3n) is 2.92. The third kappa shape index (κ3) is 3.72. The highest BCUT2D eigenvalue weighted by molar-refractivity contribution is 5.92. The Morgan fingerprint density at radius 3 is 2.56 bits per heavy atom. The Balaban J connectivity index is 1.74. The molecule has 1 heterocycles. The molecule has 0 unspecified atom stereocenters. The largest absolute Gasteiger partial charge is 0.492 e. The molecule has 0 aromatic heterocycles. The normalized spacial score (nSPS) is 16.4. The summed E-state index contributed by atoms with van der Waals surface area (Å²) in [6.45, 7) is 5.05. The summed E-state index contributed by atoms with van der Waals surface area (Å²) >= 11 is 0. The van der Waals surface area contributed by atoms with Crippen LogP contribution in [0.3, 0.4) is 0 Å². The smallest absolute Gasteiger partial charge is 0.248 e. The molecule has 0 aliphatic carbocycles. The lowest BCUT2D eigenvalue weighted by atomic mass is 10.2. The fourth-order valence-electron chi connectivity index (χ4n) is 1.83. The van der Waals surface area contributed by atoms with Crippen LogP contribution in [-0.2, 0) is 4.74 Å². The number of hydrogen-bond donors (Lipinski definition) is 1. The van der Waals surface area contributed by atoms with E-state index in [1.807, 2.05) is 0 Å². The molecule has 0 spiro atoms. The maximum absolute atomic E-state index is 10.9. The number of carbonyl (C=O) groups is 1. The number of carbonyl (C=O) groups excluding carboxylic acids is 1. The number of nitrogens with two attached hydrogens (primary N) is 1. The van der Waals surface area contributed by atoms with Gasteiger partial charge in [0.15, 0.2) is 0 Å². The highest BCUT2D eigenvalue weighted by Crippen LogP contribution is 2.11. The van der Waals surface area contributed by atoms with Crippen molar-refractivity contribution in [1.82, 2.24) is 4.90 Å². The molecule has 5 heteroatoms. The minimum absolute atomic E-state index is 0.421. The van der Waals surface area contributed by atoms with Crippen LogP contribution in [0.4, 0.5) is 0 Å². The average Bonchev–Trinajstić information content (AvgIpc) is 2.40. The average molecular weight is 250 g/mol. The van der Waals surface area contributed by atoms with Crippen molar-refractivity contribution < 1.29 is 14.3 Å². The molecular formula is C13H18N2O3. The predicted molar refractivity (Wildman–Crippen MR) is 67.7 cm³/mol. The van der Waals surface area contributed by atoms with E-state index in [9.17, 15) is 4.79 Å². The molecule has 5 nitrogen and oxygen atoms in total. The van der Waals surface area contributed by atoms with Crippen LogP contribution in [0.1, 0.15) is 10.4 Å². The zero-order valence-electron chi connectivity index (χ0n) is 10.3. The maximum Gasteiger partial charge on any atom is 0.248 e. The van der Waals surface area contributed by atoms with Gasteiger partial charge in [0.1, 0.15) is 12.4 Å². The molecule has 1 aromatic carbocycles. The van der Waals surface area contributed by atoms with Crippen LogP contribution < -0.4 is 10.5 Å². The van der Waals surface area contributed by atoms with Gasteiger partial charge in [-0.3, -0.25) is 9.69 Å². The lowest BCUT2D eigenvalue weighted by molar-refractivity contribution is 0.0322. The van der Waals surface area contributed by atoms with Gasteiger partial charge in [0, 0.05) is 25.2 Å². The molecule has 0 saturated carbocycles. The summed E-state index contributed by atoms with van der Waals surface area (Å²) in [4.78, 5) is 13.2. The van der Waals surface area contributed by atoms with E-state index in [0.29, 0.717) is 12.2 Å². The first kappa shape index (κ1) is 12.9. The van der Waals surface area contributed by atoms with Gasteiger partial charge in [-0.2, -0.15) is 0 Å². The van der Waals surface area contributed by atoms with Crippen LogP contribution in [-0.4, -0.2) is 50.3 Å². The minimum atomic E-state index is -0.421. The Labute approximate surface area is 106 Å². The number of hydrogen-bond acceptors (Lipinski definition) is 4. The summed E-state index contributed by atoms with van der Waals surface area (Å²) in [5.41, 5.74) is 5.66. The highest BCUT2D eigenvalue weighted by atomic mass is 16.5. The molecule has 98 valence electrons. The van der Waals surface area contributed by atoms with E-state index in [1.54, 1.807) is 24.3 Å². The minimum Gasteiger partial charge on any atom is -0.492 e. The summed E-state index contributed by atoms with van der Waals surface area (Å²) in [7, 11) is 0. The van der Waals surface area contributed by atoms with Gasteiger partial charge in [-0.1, -0.05) is 0 Å². The van der Waals surface area contributed by atoms with Crippen molar-refractivity contribution in [3.8, 4) is 5.75 Å². The Morgan fingerprint density at radius 2 is 1.94 bits per heavy atom. The van der Waals surface area contributed by atoms with E-state index < -0.39 is 5.91 Å². The second kappa shape index (κ2) is 6.37. The van der Waals surface area contributed by atoms with Gasteiger partial charge >= 0.3 is 0 Å². The van der Waals surface area contributed by atoms with Gasteiger partial charge in [0.05, 0.1) is 13.2 Å². The van der Waals surface area contributed by atoms with Crippen molar-refractivity contribution in [2.45, 2.75) is 0 Å². The Morgan fingerprint density at radius 1 is 1.28 bits per heavy atom. The van der Waals surface area contributed by atoms with Crippen LogP contribution in [0.2, 0.25) is 0 Å².